The average molecular weight is 296 g/mol. The molecule has 1 atom stereocenters. The van der Waals surface area contributed by atoms with Gasteiger partial charge in [0.1, 0.15) is 20.9 Å². The summed E-state index contributed by atoms with van der Waals surface area (Å²) in [6.45, 7) is 1.76. The Bertz CT molecular complexity index is 681. The van der Waals surface area contributed by atoms with Gasteiger partial charge in [-0.15, -0.1) is 11.3 Å². The third-order valence-corrected chi connectivity index (χ3v) is 5.47. The topological polar surface area (TPSA) is 83.1 Å². The van der Waals surface area contributed by atoms with Gasteiger partial charge in [0.05, 0.1) is 6.26 Å². The maximum Gasteiger partial charge on any atom is 0.250 e. The molecule has 2 aromatic rings. The maximum atomic E-state index is 12.1. The van der Waals surface area contributed by atoms with Gasteiger partial charge in [0.15, 0.2) is 0 Å². The quantitative estimate of drug-likeness (QED) is 0.916. The van der Waals surface area contributed by atoms with Gasteiger partial charge in [-0.3, -0.25) is 0 Å². The van der Waals surface area contributed by atoms with Crippen molar-refractivity contribution in [3.05, 3.63) is 41.2 Å². The summed E-state index contributed by atoms with van der Waals surface area (Å²) in [6, 6.07) is 8.12. The molecule has 0 aliphatic rings. The van der Waals surface area contributed by atoms with Crippen LogP contribution in [0.4, 0.5) is 0 Å². The van der Waals surface area contributed by atoms with E-state index >= 15 is 0 Å². The largest absolute Gasteiger partial charge is 0.469 e. The van der Waals surface area contributed by atoms with Gasteiger partial charge in [-0.05, 0) is 31.2 Å². The lowest BCUT2D eigenvalue weighted by atomic mass is 10.2. The van der Waals surface area contributed by atoms with Crippen LogP contribution in [0.15, 0.2) is 39.2 Å². The summed E-state index contributed by atoms with van der Waals surface area (Å²) in [5, 5.41) is 8.70. The number of furan rings is 1. The molecule has 0 aromatic carbocycles. The van der Waals surface area contributed by atoms with Gasteiger partial charge in [0.25, 0.3) is 0 Å². The van der Waals surface area contributed by atoms with Crippen molar-refractivity contribution < 1.29 is 12.8 Å². The lowest BCUT2D eigenvalue weighted by molar-refractivity contribution is 0.479. The van der Waals surface area contributed by atoms with Crippen molar-refractivity contribution >= 4 is 21.4 Å². The van der Waals surface area contributed by atoms with Crippen LogP contribution in [0.3, 0.4) is 0 Å². The first kappa shape index (κ1) is 13.8. The average Bonchev–Trinajstić information content (AvgIpc) is 2.97. The molecule has 1 N–H and O–H groups in total. The van der Waals surface area contributed by atoms with Crippen LogP contribution in [0.25, 0.3) is 0 Å². The third-order valence-electron chi connectivity index (χ3n) is 2.40. The zero-order valence-electron chi connectivity index (χ0n) is 10.2. The molecular formula is C12H12N2O3S2. The minimum absolute atomic E-state index is 0.148. The summed E-state index contributed by atoms with van der Waals surface area (Å²) in [7, 11) is -3.58. The Hall–Kier alpha value is -1.62. The minimum Gasteiger partial charge on any atom is -0.469 e. The van der Waals surface area contributed by atoms with Crippen LogP contribution in [0.5, 0.6) is 0 Å². The Labute approximate surface area is 115 Å². The van der Waals surface area contributed by atoms with Crippen LogP contribution in [0.2, 0.25) is 0 Å². The highest BCUT2D eigenvalue weighted by Crippen LogP contribution is 2.21. The number of hydrogen-bond acceptors (Lipinski definition) is 5. The van der Waals surface area contributed by atoms with Crippen LogP contribution in [0, 0.1) is 11.3 Å². The molecule has 0 fully saturated rings. The summed E-state index contributed by atoms with van der Waals surface area (Å²) in [4.78, 5) is 0.374. The van der Waals surface area contributed by atoms with Crippen molar-refractivity contribution in [3.8, 4) is 6.07 Å². The molecule has 5 nitrogen and oxygen atoms in total. The van der Waals surface area contributed by atoms with E-state index < -0.39 is 10.0 Å². The molecule has 7 heteroatoms. The molecule has 2 aromatic heterocycles. The lowest BCUT2D eigenvalue weighted by Crippen LogP contribution is -2.33. The van der Waals surface area contributed by atoms with E-state index in [-0.39, 0.29) is 10.3 Å². The summed E-state index contributed by atoms with van der Waals surface area (Å²) >= 11 is 0.955. The van der Waals surface area contributed by atoms with Gasteiger partial charge < -0.3 is 4.42 Å². The predicted octanol–water partition coefficient (Wildman–Crippen LogP) is 2.12. The molecule has 100 valence electrons. The van der Waals surface area contributed by atoms with E-state index in [0.717, 1.165) is 17.1 Å². The van der Waals surface area contributed by atoms with Crippen LogP contribution < -0.4 is 4.72 Å². The van der Waals surface area contributed by atoms with E-state index in [1.165, 1.54) is 12.1 Å². The monoisotopic (exact) mass is 296 g/mol. The molecule has 1 unspecified atom stereocenters. The summed E-state index contributed by atoms with van der Waals surface area (Å²) in [6.07, 6.45) is 2.03. The number of hydrogen-bond donors (Lipinski definition) is 1. The second kappa shape index (κ2) is 5.57. The Morgan fingerprint density at radius 2 is 2.26 bits per heavy atom. The number of thiophene rings is 1. The van der Waals surface area contributed by atoms with Crippen molar-refractivity contribution in [3.63, 3.8) is 0 Å². The van der Waals surface area contributed by atoms with E-state index in [2.05, 4.69) is 4.72 Å². The fourth-order valence-electron chi connectivity index (χ4n) is 1.62. The molecule has 0 saturated heterocycles. The first-order valence-electron chi connectivity index (χ1n) is 5.56. The number of nitriles is 1. The van der Waals surface area contributed by atoms with E-state index in [1.807, 2.05) is 6.07 Å². The van der Waals surface area contributed by atoms with Gasteiger partial charge in [-0.2, -0.15) is 5.26 Å². The molecule has 2 heterocycles. The third kappa shape index (κ3) is 3.44. The highest BCUT2D eigenvalue weighted by molar-refractivity contribution is 7.91. The predicted molar refractivity (Wildman–Crippen MR) is 71.2 cm³/mol. The second-order valence-corrected chi connectivity index (χ2v) is 7.06. The number of rotatable bonds is 5. The fraction of sp³-hybridized carbons (Fsp3) is 0.250. The van der Waals surface area contributed by atoms with E-state index in [1.54, 1.807) is 25.3 Å². The summed E-state index contributed by atoms with van der Waals surface area (Å²) in [5.41, 5.74) is 0. The number of nitrogens with zero attached hydrogens (tertiary/aromatic N) is 1. The molecule has 0 saturated carbocycles. The highest BCUT2D eigenvalue weighted by atomic mass is 32.2. The van der Waals surface area contributed by atoms with Gasteiger partial charge >= 0.3 is 0 Å². The molecule has 2 rings (SSSR count). The van der Waals surface area contributed by atoms with Gasteiger partial charge in [-0.25, -0.2) is 13.1 Å². The van der Waals surface area contributed by atoms with Crippen LogP contribution in [-0.2, 0) is 16.4 Å². The summed E-state index contributed by atoms with van der Waals surface area (Å²) in [5.74, 6) is 0.721. The zero-order chi connectivity index (χ0) is 13.9. The molecule has 0 radical (unpaired) electrons. The van der Waals surface area contributed by atoms with E-state index in [0.29, 0.717) is 11.3 Å². The first-order valence-corrected chi connectivity index (χ1v) is 7.86. The Balaban J connectivity index is 2.07. The van der Waals surface area contributed by atoms with Crippen LogP contribution in [-0.4, -0.2) is 14.5 Å². The Morgan fingerprint density at radius 3 is 2.84 bits per heavy atom. The Morgan fingerprint density at radius 1 is 1.47 bits per heavy atom. The molecule has 0 amide bonds. The van der Waals surface area contributed by atoms with Crippen molar-refractivity contribution in [2.75, 3.05) is 0 Å². The molecule has 0 spiro atoms. The van der Waals surface area contributed by atoms with Crippen LogP contribution in [0.1, 0.15) is 17.6 Å². The van der Waals surface area contributed by atoms with E-state index in [4.69, 9.17) is 9.68 Å². The SMILES string of the molecule is CC(Cc1ccco1)NS(=O)(=O)c1ccc(C#N)s1. The van der Waals surface area contributed by atoms with Crippen molar-refractivity contribution in [2.24, 2.45) is 0 Å². The van der Waals surface area contributed by atoms with Gasteiger partial charge in [0, 0.05) is 12.5 Å². The standard InChI is InChI=1S/C12H12N2O3S2/c1-9(7-10-3-2-6-17-10)14-19(15,16)12-5-4-11(8-13)18-12/h2-6,9,14H,7H2,1H3. The van der Waals surface area contributed by atoms with Gasteiger partial charge in [0.2, 0.25) is 10.0 Å². The van der Waals surface area contributed by atoms with Crippen molar-refractivity contribution in [2.45, 2.75) is 23.6 Å². The van der Waals surface area contributed by atoms with Crippen molar-refractivity contribution in [1.82, 2.24) is 4.72 Å². The molecule has 19 heavy (non-hydrogen) atoms. The molecule has 0 aliphatic carbocycles. The maximum absolute atomic E-state index is 12.1. The Kier molecular flexibility index (Phi) is 4.04. The smallest absolute Gasteiger partial charge is 0.250 e. The van der Waals surface area contributed by atoms with Crippen LogP contribution >= 0.6 is 11.3 Å². The second-order valence-electron chi connectivity index (χ2n) is 4.04. The highest BCUT2D eigenvalue weighted by Gasteiger charge is 2.20. The normalized spacial score (nSPS) is 13.1. The number of sulfonamides is 1. The van der Waals surface area contributed by atoms with Gasteiger partial charge in [-0.1, -0.05) is 0 Å². The van der Waals surface area contributed by atoms with E-state index in [9.17, 15) is 8.42 Å². The molecular weight excluding hydrogens is 284 g/mol. The number of nitrogens with one attached hydrogen (secondary N) is 1. The summed E-state index contributed by atoms with van der Waals surface area (Å²) < 4.78 is 32.0. The lowest BCUT2D eigenvalue weighted by Gasteiger charge is -2.11. The molecule has 0 bridgehead atoms. The van der Waals surface area contributed by atoms with Crippen molar-refractivity contribution in [1.29, 1.82) is 5.26 Å². The zero-order valence-corrected chi connectivity index (χ0v) is 11.8. The molecule has 0 aliphatic heterocycles. The fourth-order valence-corrected chi connectivity index (χ4v) is 3.98. The minimum atomic E-state index is -3.58. The first-order chi connectivity index (χ1) is 9.01.